The van der Waals surface area contributed by atoms with Crippen molar-refractivity contribution in [2.45, 2.75) is 33.4 Å². The molecule has 0 bridgehead atoms. The van der Waals surface area contributed by atoms with Gasteiger partial charge in [0.25, 0.3) is 0 Å². The lowest BCUT2D eigenvalue weighted by atomic mass is 10.4. The fourth-order valence-electron chi connectivity index (χ4n) is 3.31. The Labute approximate surface area is 196 Å². The highest BCUT2D eigenvalue weighted by atomic mass is 32.2. The van der Waals surface area contributed by atoms with Crippen molar-refractivity contribution in [3.63, 3.8) is 0 Å². The molecule has 0 amide bonds. The number of fused-ring (bicyclic) bond motifs is 3. The summed E-state index contributed by atoms with van der Waals surface area (Å²) in [7, 11) is 0. The van der Waals surface area contributed by atoms with Crippen LogP contribution in [0.4, 0.5) is 0 Å². The van der Waals surface area contributed by atoms with Crippen molar-refractivity contribution in [2.24, 2.45) is 0 Å². The molecule has 10 heteroatoms. The highest BCUT2D eigenvalue weighted by Gasteiger charge is 2.26. The molecule has 0 radical (unpaired) electrons. The van der Waals surface area contributed by atoms with Gasteiger partial charge >= 0.3 is 0 Å². The molecule has 0 fully saturated rings. The van der Waals surface area contributed by atoms with Gasteiger partial charge in [0.15, 0.2) is 9.66 Å². The Morgan fingerprint density at radius 3 is 1.36 bits per heavy atom. The monoisotopic (exact) mass is 514 g/mol. The van der Waals surface area contributed by atoms with Crippen molar-refractivity contribution in [3.05, 3.63) is 9.75 Å². The molecular weight excluding hydrogens is 501 g/mol. The van der Waals surface area contributed by atoms with E-state index >= 15 is 0 Å². The third-order valence-electron chi connectivity index (χ3n) is 4.49. The first-order valence-electron chi connectivity index (χ1n) is 8.75. The Morgan fingerprint density at radius 2 is 0.929 bits per heavy atom. The summed E-state index contributed by atoms with van der Waals surface area (Å²) < 4.78 is 0. The zero-order valence-electron chi connectivity index (χ0n) is 15.0. The van der Waals surface area contributed by atoms with Crippen molar-refractivity contribution >= 4 is 102 Å². The van der Waals surface area contributed by atoms with Crippen molar-refractivity contribution < 1.29 is 0 Å². The summed E-state index contributed by atoms with van der Waals surface area (Å²) >= 11 is 15.3. The number of thiazole rings is 2. The van der Waals surface area contributed by atoms with Crippen molar-refractivity contribution in [1.29, 1.82) is 0 Å². The van der Waals surface area contributed by atoms with Crippen LogP contribution in [0.25, 0.3) is 29.4 Å². The van der Waals surface area contributed by atoms with Gasteiger partial charge in [0, 0.05) is 52.3 Å². The predicted octanol–water partition coefficient (Wildman–Crippen LogP) is 8.22. The average molecular weight is 515 g/mol. The van der Waals surface area contributed by atoms with Gasteiger partial charge in [-0.15, -0.1) is 69.7 Å². The van der Waals surface area contributed by atoms with E-state index in [4.69, 9.17) is 9.97 Å². The van der Waals surface area contributed by atoms with Crippen LogP contribution in [0.15, 0.2) is 19.6 Å². The fourth-order valence-corrected chi connectivity index (χ4v) is 13.7. The first-order chi connectivity index (χ1) is 13.7. The molecule has 144 valence electrons. The summed E-state index contributed by atoms with van der Waals surface area (Å²) in [4.78, 5) is 23.7. The molecule has 0 unspecified atom stereocenters. The van der Waals surface area contributed by atoms with Gasteiger partial charge in [-0.25, -0.2) is 9.97 Å². The average Bonchev–Trinajstić information content (AvgIpc) is 3.43. The van der Waals surface area contributed by atoms with Crippen LogP contribution in [0.1, 0.15) is 9.75 Å². The summed E-state index contributed by atoms with van der Waals surface area (Å²) in [5, 5.41) is 2.30. The number of nitrogens with zero attached hydrogens (tertiary/aromatic N) is 2. The van der Waals surface area contributed by atoms with E-state index in [2.05, 4.69) is 13.8 Å². The maximum Gasteiger partial charge on any atom is 0.155 e. The number of aromatic nitrogens is 2. The van der Waals surface area contributed by atoms with E-state index in [9.17, 15) is 0 Å². The second-order valence-corrected chi connectivity index (χ2v) is 15.2. The predicted molar refractivity (Wildman–Crippen MR) is 134 cm³/mol. The third kappa shape index (κ3) is 3.05. The van der Waals surface area contributed by atoms with E-state index in [0.29, 0.717) is 0 Å². The molecule has 0 saturated heterocycles. The van der Waals surface area contributed by atoms with Crippen LogP contribution in [0.5, 0.6) is 0 Å². The van der Waals surface area contributed by atoms with Crippen LogP contribution in [-0.4, -0.2) is 33.0 Å². The van der Waals surface area contributed by atoms with Gasteiger partial charge in [-0.05, 0) is 13.8 Å². The smallest absolute Gasteiger partial charge is 0.155 e. The van der Waals surface area contributed by atoms with E-state index in [1.807, 2.05) is 69.7 Å². The van der Waals surface area contributed by atoms with E-state index in [-0.39, 0.29) is 0 Å². The minimum Gasteiger partial charge on any atom is -0.222 e. The van der Waals surface area contributed by atoms with Crippen molar-refractivity contribution in [3.8, 4) is 19.8 Å². The largest absolute Gasteiger partial charge is 0.222 e. The third-order valence-corrected chi connectivity index (χ3v) is 15.0. The molecule has 6 heterocycles. The molecule has 4 aromatic rings. The molecule has 2 aliphatic heterocycles. The highest BCUT2D eigenvalue weighted by Crippen LogP contribution is 2.53. The molecule has 0 aliphatic carbocycles. The van der Waals surface area contributed by atoms with Gasteiger partial charge in [-0.1, -0.05) is 22.7 Å². The number of hydrogen-bond acceptors (Lipinski definition) is 10. The molecule has 0 N–H and O–H groups in total. The van der Waals surface area contributed by atoms with Crippen LogP contribution in [0, 0.1) is 13.8 Å². The summed E-state index contributed by atoms with van der Waals surface area (Å²) in [5.74, 6) is 4.82. The minimum absolute atomic E-state index is 1.09. The number of thiophene rings is 2. The Kier molecular flexibility index (Phi) is 5.08. The first-order valence-corrected chi connectivity index (χ1v) is 16.0. The van der Waals surface area contributed by atoms with Crippen LogP contribution in [-0.2, 0) is 0 Å². The zero-order chi connectivity index (χ0) is 18.8. The van der Waals surface area contributed by atoms with Crippen LogP contribution < -0.4 is 0 Å². The number of aryl methyl sites for hydroxylation is 2. The fraction of sp³-hybridized carbons (Fsp3) is 0.333. The maximum absolute atomic E-state index is 5.02. The molecule has 2 aliphatic rings. The Morgan fingerprint density at radius 1 is 0.536 bits per heavy atom. The Balaban J connectivity index is 1.42. The van der Waals surface area contributed by atoms with Gasteiger partial charge in [0.2, 0.25) is 0 Å². The lowest BCUT2D eigenvalue weighted by Gasteiger charge is -2.11. The standard InChI is InChI=1S/C18H14N2S8/c1-7-9-11(23-5-3-21-9)13(25-7)15-19-17-18(27-15)20-16(28-17)14-12-10(8(2)26-14)22-4-6-24-12/h3-6H2,1-2H3. The summed E-state index contributed by atoms with van der Waals surface area (Å²) in [6.45, 7) is 4.49. The van der Waals surface area contributed by atoms with E-state index < -0.39 is 0 Å². The minimum atomic E-state index is 1.09. The number of thioether (sulfide) groups is 4. The van der Waals surface area contributed by atoms with Gasteiger partial charge in [-0.3, -0.25) is 0 Å². The van der Waals surface area contributed by atoms with Crippen LogP contribution in [0.2, 0.25) is 0 Å². The lowest BCUT2D eigenvalue weighted by Crippen LogP contribution is -1.92. The molecule has 0 spiro atoms. The van der Waals surface area contributed by atoms with Gasteiger partial charge in [0.1, 0.15) is 10.0 Å². The van der Waals surface area contributed by atoms with Crippen LogP contribution in [0.3, 0.4) is 0 Å². The molecule has 2 nitrogen and oxygen atoms in total. The highest BCUT2D eigenvalue weighted by molar-refractivity contribution is 8.06. The Bertz CT molecular complexity index is 1090. The second-order valence-electron chi connectivity index (χ2n) is 6.33. The lowest BCUT2D eigenvalue weighted by molar-refractivity contribution is 1.24. The second kappa shape index (κ2) is 7.47. The normalized spacial score (nSPS) is 16.5. The number of hydrogen-bond donors (Lipinski definition) is 0. The number of rotatable bonds is 2. The van der Waals surface area contributed by atoms with Gasteiger partial charge in [-0.2, -0.15) is 0 Å². The van der Waals surface area contributed by atoms with E-state index in [1.54, 1.807) is 22.7 Å². The van der Waals surface area contributed by atoms with Gasteiger partial charge in [0.05, 0.1) is 9.75 Å². The first kappa shape index (κ1) is 19.0. The summed E-state index contributed by atoms with van der Waals surface area (Å²) in [6, 6.07) is 0. The summed E-state index contributed by atoms with van der Waals surface area (Å²) in [6.07, 6.45) is 0. The molecule has 0 saturated carbocycles. The zero-order valence-corrected chi connectivity index (χ0v) is 21.5. The molecule has 28 heavy (non-hydrogen) atoms. The molecule has 0 aromatic carbocycles. The SMILES string of the molecule is Cc1sc(-c2nc3sc(-c4sc(C)c5c4SCCS5)nc3s2)c2c1SCCS2. The molecule has 4 aromatic heterocycles. The maximum atomic E-state index is 5.02. The molecule has 6 rings (SSSR count). The summed E-state index contributed by atoms with van der Waals surface area (Å²) in [5.41, 5.74) is 0. The quantitative estimate of drug-likeness (QED) is 0.267. The van der Waals surface area contributed by atoms with Gasteiger partial charge < -0.3 is 0 Å². The van der Waals surface area contributed by atoms with E-state index in [0.717, 1.165) is 19.7 Å². The van der Waals surface area contributed by atoms with Crippen LogP contribution >= 0.6 is 92.4 Å². The topological polar surface area (TPSA) is 25.8 Å². The molecule has 0 atom stereocenters. The van der Waals surface area contributed by atoms with Crippen molar-refractivity contribution in [1.82, 2.24) is 9.97 Å². The van der Waals surface area contributed by atoms with Crippen molar-refractivity contribution in [2.75, 3.05) is 23.0 Å². The van der Waals surface area contributed by atoms with E-state index in [1.165, 1.54) is 62.1 Å². The Hall–Kier alpha value is 0.320. The molecular formula is C18H14N2S8.